The summed E-state index contributed by atoms with van der Waals surface area (Å²) in [4.78, 5) is 2.63. The second-order valence-corrected chi connectivity index (χ2v) is 6.02. The van der Waals surface area contributed by atoms with E-state index in [0.717, 1.165) is 32.8 Å². The lowest BCUT2D eigenvalue weighted by Gasteiger charge is -2.47. The zero-order valence-corrected chi connectivity index (χ0v) is 11.8. The molecule has 3 rings (SSSR count). The Balaban J connectivity index is 1.71. The number of hydrogen-bond acceptors (Lipinski definition) is 3. The molecule has 2 fully saturated rings. The molecule has 0 saturated carbocycles. The molecule has 0 amide bonds. The second kappa shape index (κ2) is 5.61. The molecule has 1 aromatic rings. The predicted octanol–water partition coefficient (Wildman–Crippen LogP) is 2.20. The third-order valence-corrected chi connectivity index (χ3v) is 4.56. The fourth-order valence-electron chi connectivity index (χ4n) is 3.32. The van der Waals surface area contributed by atoms with Crippen LogP contribution in [0.25, 0.3) is 0 Å². The minimum absolute atomic E-state index is 0.230. The Kier molecular flexibility index (Phi) is 3.87. The molecule has 2 atom stereocenters. The van der Waals surface area contributed by atoms with Crippen LogP contribution in [0.3, 0.4) is 0 Å². The van der Waals surface area contributed by atoms with Gasteiger partial charge >= 0.3 is 0 Å². The van der Waals surface area contributed by atoms with E-state index in [2.05, 4.69) is 47.5 Å². The Morgan fingerprint density at radius 1 is 1.32 bits per heavy atom. The Labute approximate surface area is 115 Å². The van der Waals surface area contributed by atoms with Crippen molar-refractivity contribution in [2.75, 3.05) is 32.8 Å². The van der Waals surface area contributed by atoms with Gasteiger partial charge in [-0.25, -0.2) is 0 Å². The monoisotopic (exact) mass is 260 g/mol. The molecule has 2 saturated heterocycles. The van der Waals surface area contributed by atoms with Crippen LogP contribution in [0, 0.1) is 0 Å². The SMILES string of the molecule is CC1(N2CCNC(c3ccccc3)C2)CCCOC1. The number of hydrogen-bond donors (Lipinski definition) is 1. The van der Waals surface area contributed by atoms with Crippen LogP contribution < -0.4 is 5.32 Å². The van der Waals surface area contributed by atoms with Gasteiger partial charge in [0.1, 0.15) is 0 Å². The summed E-state index contributed by atoms with van der Waals surface area (Å²) in [6.07, 6.45) is 2.45. The first-order chi connectivity index (χ1) is 9.28. The third-order valence-electron chi connectivity index (χ3n) is 4.56. The van der Waals surface area contributed by atoms with E-state index in [1.165, 1.54) is 18.4 Å². The second-order valence-electron chi connectivity index (χ2n) is 6.02. The normalized spacial score (nSPS) is 33.2. The quantitative estimate of drug-likeness (QED) is 0.882. The number of ether oxygens (including phenoxy) is 1. The van der Waals surface area contributed by atoms with Gasteiger partial charge in [-0.05, 0) is 25.3 Å². The Morgan fingerprint density at radius 2 is 2.16 bits per heavy atom. The Hall–Kier alpha value is -0.900. The van der Waals surface area contributed by atoms with E-state index in [-0.39, 0.29) is 5.54 Å². The van der Waals surface area contributed by atoms with E-state index in [1.54, 1.807) is 0 Å². The van der Waals surface area contributed by atoms with Gasteiger partial charge in [-0.15, -0.1) is 0 Å². The van der Waals surface area contributed by atoms with Crippen LogP contribution in [0.1, 0.15) is 31.4 Å². The van der Waals surface area contributed by atoms with Crippen LogP contribution in [0.5, 0.6) is 0 Å². The Morgan fingerprint density at radius 3 is 2.89 bits per heavy atom. The van der Waals surface area contributed by atoms with E-state index in [9.17, 15) is 0 Å². The Bertz CT molecular complexity index is 400. The standard InChI is InChI=1S/C16H24N2O/c1-16(8-5-11-19-13-16)18-10-9-17-15(12-18)14-6-3-2-4-7-14/h2-4,6-7,15,17H,5,8-13H2,1H3. The van der Waals surface area contributed by atoms with Crippen molar-refractivity contribution < 1.29 is 4.74 Å². The maximum absolute atomic E-state index is 5.72. The van der Waals surface area contributed by atoms with Gasteiger partial charge in [0.2, 0.25) is 0 Å². The number of rotatable bonds is 2. The summed E-state index contributed by atoms with van der Waals surface area (Å²) in [5.41, 5.74) is 1.63. The third kappa shape index (κ3) is 2.83. The molecular formula is C16H24N2O. The highest BCUT2D eigenvalue weighted by Crippen LogP contribution is 2.29. The highest BCUT2D eigenvalue weighted by Gasteiger charge is 2.36. The minimum Gasteiger partial charge on any atom is -0.380 e. The fraction of sp³-hybridized carbons (Fsp3) is 0.625. The first kappa shape index (κ1) is 13.1. The smallest absolute Gasteiger partial charge is 0.0647 e. The van der Waals surface area contributed by atoms with Crippen LogP contribution in [-0.2, 0) is 4.74 Å². The molecule has 0 aromatic heterocycles. The van der Waals surface area contributed by atoms with Crippen molar-refractivity contribution >= 4 is 0 Å². The molecule has 2 aliphatic heterocycles. The summed E-state index contributed by atoms with van der Waals surface area (Å²) >= 11 is 0. The molecule has 0 bridgehead atoms. The van der Waals surface area contributed by atoms with Crippen LogP contribution >= 0.6 is 0 Å². The van der Waals surface area contributed by atoms with Gasteiger partial charge in [0.25, 0.3) is 0 Å². The summed E-state index contributed by atoms with van der Waals surface area (Å²) in [6.45, 7) is 7.46. The van der Waals surface area contributed by atoms with Crippen molar-refractivity contribution in [1.29, 1.82) is 0 Å². The summed E-state index contributed by atoms with van der Waals surface area (Å²) in [5, 5.41) is 3.64. The van der Waals surface area contributed by atoms with E-state index in [0.29, 0.717) is 6.04 Å². The topological polar surface area (TPSA) is 24.5 Å². The van der Waals surface area contributed by atoms with E-state index < -0.39 is 0 Å². The predicted molar refractivity (Wildman–Crippen MR) is 77.2 cm³/mol. The number of nitrogens with one attached hydrogen (secondary N) is 1. The fourth-order valence-corrected chi connectivity index (χ4v) is 3.32. The van der Waals surface area contributed by atoms with Gasteiger partial charge < -0.3 is 10.1 Å². The molecule has 0 radical (unpaired) electrons. The lowest BCUT2D eigenvalue weighted by molar-refractivity contribution is -0.0499. The van der Waals surface area contributed by atoms with Crippen molar-refractivity contribution in [1.82, 2.24) is 10.2 Å². The average Bonchev–Trinajstić information content (AvgIpc) is 2.49. The van der Waals surface area contributed by atoms with Gasteiger partial charge in [0.05, 0.1) is 6.61 Å². The average molecular weight is 260 g/mol. The van der Waals surface area contributed by atoms with Crippen molar-refractivity contribution in [3.63, 3.8) is 0 Å². The molecule has 0 aliphatic carbocycles. The molecule has 2 unspecified atom stereocenters. The molecule has 0 spiro atoms. The zero-order chi connectivity index (χ0) is 13.1. The summed E-state index contributed by atoms with van der Waals surface area (Å²) < 4.78 is 5.72. The first-order valence-electron chi connectivity index (χ1n) is 7.39. The van der Waals surface area contributed by atoms with Gasteiger partial charge in [-0.2, -0.15) is 0 Å². The van der Waals surface area contributed by atoms with Crippen molar-refractivity contribution in [3.05, 3.63) is 35.9 Å². The molecule has 1 aromatic carbocycles. The maximum atomic E-state index is 5.72. The highest BCUT2D eigenvalue weighted by molar-refractivity contribution is 5.20. The lowest BCUT2D eigenvalue weighted by atomic mass is 9.90. The van der Waals surface area contributed by atoms with E-state index >= 15 is 0 Å². The summed E-state index contributed by atoms with van der Waals surface area (Å²) in [5.74, 6) is 0. The maximum Gasteiger partial charge on any atom is 0.0647 e. The molecule has 19 heavy (non-hydrogen) atoms. The number of piperazine rings is 1. The molecule has 3 heteroatoms. The lowest BCUT2D eigenvalue weighted by Crippen LogP contribution is -2.58. The number of nitrogens with zero attached hydrogens (tertiary/aromatic N) is 1. The molecule has 104 valence electrons. The molecule has 2 heterocycles. The number of benzene rings is 1. The van der Waals surface area contributed by atoms with Gasteiger partial charge in [-0.3, -0.25) is 4.90 Å². The van der Waals surface area contributed by atoms with Gasteiger partial charge in [0, 0.05) is 37.8 Å². The molecule has 2 aliphatic rings. The summed E-state index contributed by atoms with van der Waals surface area (Å²) in [6, 6.07) is 11.2. The largest absolute Gasteiger partial charge is 0.380 e. The van der Waals surface area contributed by atoms with Crippen molar-refractivity contribution in [2.45, 2.75) is 31.3 Å². The molecule has 3 nitrogen and oxygen atoms in total. The summed E-state index contributed by atoms with van der Waals surface area (Å²) in [7, 11) is 0. The van der Waals surface area contributed by atoms with Crippen LogP contribution in [0.2, 0.25) is 0 Å². The molecule has 1 N–H and O–H groups in total. The van der Waals surface area contributed by atoms with Crippen molar-refractivity contribution in [3.8, 4) is 0 Å². The van der Waals surface area contributed by atoms with Crippen LogP contribution in [0.4, 0.5) is 0 Å². The van der Waals surface area contributed by atoms with E-state index in [1.807, 2.05) is 0 Å². The van der Waals surface area contributed by atoms with Gasteiger partial charge in [-0.1, -0.05) is 30.3 Å². The van der Waals surface area contributed by atoms with Gasteiger partial charge in [0.15, 0.2) is 0 Å². The highest BCUT2D eigenvalue weighted by atomic mass is 16.5. The zero-order valence-electron chi connectivity index (χ0n) is 11.8. The first-order valence-corrected chi connectivity index (χ1v) is 7.39. The van der Waals surface area contributed by atoms with Crippen molar-refractivity contribution in [2.24, 2.45) is 0 Å². The van der Waals surface area contributed by atoms with Crippen LogP contribution in [-0.4, -0.2) is 43.3 Å². The van der Waals surface area contributed by atoms with E-state index in [4.69, 9.17) is 4.74 Å². The van der Waals surface area contributed by atoms with Crippen LogP contribution in [0.15, 0.2) is 30.3 Å². The minimum atomic E-state index is 0.230. The molecular weight excluding hydrogens is 236 g/mol.